The third-order valence-electron chi connectivity index (χ3n) is 2.42. The Bertz CT molecular complexity index is 334. The number of aryl methyl sites for hydroxylation is 2. The first-order chi connectivity index (χ1) is 7.44. The molecule has 0 saturated carbocycles. The average molecular weight is 243 g/mol. The Balaban J connectivity index is 2.38. The molecule has 0 saturated heterocycles. The van der Waals surface area contributed by atoms with Gasteiger partial charge in [-0.15, -0.1) is 0 Å². The predicted molar refractivity (Wildman–Crippen MR) is 68.9 cm³/mol. The lowest BCUT2D eigenvalue weighted by Gasteiger charge is -2.22. The Hall–Kier alpha value is -0.450. The number of aliphatic hydroxyl groups is 1. The Morgan fingerprint density at radius 1 is 1.50 bits per heavy atom. The molecule has 0 bridgehead atoms. The summed E-state index contributed by atoms with van der Waals surface area (Å²) >= 11 is 1.65. The fourth-order valence-corrected chi connectivity index (χ4v) is 2.41. The van der Waals surface area contributed by atoms with Gasteiger partial charge in [-0.25, -0.2) is 0 Å². The molecule has 1 unspecified atom stereocenters. The molecule has 0 aliphatic carbocycles. The maximum absolute atomic E-state index is 9.96. The van der Waals surface area contributed by atoms with E-state index in [0.29, 0.717) is 6.54 Å². The first kappa shape index (κ1) is 13.6. The molecule has 3 nitrogen and oxygen atoms in total. The van der Waals surface area contributed by atoms with Gasteiger partial charge < -0.3 is 14.8 Å². The second-order valence-corrected chi connectivity index (χ2v) is 5.34. The molecule has 1 rings (SSSR count). The van der Waals surface area contributed by atoms with Crippen LogP contribution in [0.4, 0.5) is 0 Å². The molecule has 1 heterocycles. The molecular formula is C12H21NO2S. The van der Waals surface area contributed by atoms with Crippen LogP contribution in [0.15, 0.2) is 10.5 Å². The first-order valence-corrected chi connectivity index (χ1v) is 6.82. The Morgan fingerprint density at radius 3 is 2.69 bits per heavy atom. The minimum atomic E-state index is -0.647. The predicted octanol–water partition coefficient (Wildman–Crippen LogP) is 2.10. The Labute approximate surface area is 102 Å². The van der Waals surface area contributed by atoms with Gasteiger partial charge in [0.25, 0.3) is 0 Å². The van der Waals surface area contributed by atoms with Gasteiger partial charge in [0.15, 0.2) is 0 Å². The van der Waals surface area contributed by atoms with Crippen molar-refractivity contribution >= 4 is 11.8 Å². The highest BCUT2D eigenvalue weighted by atomic mass is 32.2. The number of hydrogen-bond donors (Lipinski definition) is 2. The van der Waals surface area contributed by atoms with Gasteiger partial charge in [-0.3, -0.25) is 0 Å². The fourth-order valence-electron chi connectivity index (χ4n) is 1.69. The first-order valence-electron chi connectivity index (χ1n) is 5.42. The molecule has 0 aliphatic heterocycles. The van der Waals surface area contributed by atoms with Crippen molar-refractivity contribution in [2.45, 2.75) is 32.9 Å². The van der Waals surface area contributed by atoms with Crippen LogP contribution >= 0.6 is 11.8 Å². The Kier molecular flexibility index (Phi) is 4.89. The fraction of sp³-hybridized carbons (Fsp3) is 0.667. The normalized spacial score (nSPS) is 15.1. The van der Waals surface area contributed by atoms with Crippen molar-refractivity contribution in [1.29, 1.82) is 0 Å². The highest BCUT2D eigenvalue weighted by Gasteiger charge is 2.18. The molecular weight excluding hydrogens is 222 g/mol. The third kappa shape index (κ3) is 4.20. The van der Waals surface area contributed by atoms with Crippen molar-refractivity contribution in [1.82, 2.24) is 5.32 Å². The minimum absolute atomic E-state index is 0.595. The molecule has 1 aromatic rings. The molecule has 0 aromatic carbocycles. The minimum Gasteiger partial charge on any atom is -0.466 e. The summed E-state index contributed by atoms with van der Waals surface area (Å²) in [6, 6.07) is 2.03. The standard InChI is InChI=1S/C12H21NO2S/c1-9-5-11(10(2)15-9)6-13-7-12(3,14)8-16-4/h5,13-14H,6-8H2,1-4H3. The lowest BCUT2D eigenvalue weighted by molar-refractivity contribution is 0.0845. The summed E-state index contributed by atoms with van der Waals surface area (Å²) in [6.45, 7) is 7.10. The summed E-state index contributed by atoms with van der Waals surface area (Å²) < 4.78 is 5.44. The van der Waals surface area contributed by atoms with E-state index in [1.165, 1.54) is 0 Å². The zero-order valence-electron chi connectivity index (χ0n) is 10.5. The van der Waals surface area contributed by atoms with E-state index >= 15 is 0 Å². The van der Waals surface area contributed by atoms with Crippen LogP contribution in [0.5, 0.6) is 0 Å². The molecule has 4 heteroatoms. The highest BCUT2D eigenvalue weighted by molar-refractivity contribution is 7.98. The summed E-state index contributed by atoms with van der Waals surface area (Å²) in [5.41, 5.74) is 0.518. The van der Waals surface area contributed by atoms with E-state index in [-0.39, 0.29) is 0 Å². The van der Waals surface area contributed by atoms with Gasteiger partial charge in [-0.2, -0.15) is 11.8 Å². The molecule has 1 atom stereocenters. The van der Waals surface area contributed by atoms with Gasteiger partial charge in [-0.1, -0.05) is 0 Å². The molecule has 2 N–H and O–H groups in total. The zero-order chi connectivity index (χ0) is 12.2. The van der Waals surface area contributed by atoms with Gasteiger partial charge in [0.05, 0.1) is 5.60 Å². The van der Waals surface area contributed by atoms with Gasteiger partial charge in [-0.05, 0) is 33.1 Å². The molecule has 0 radical (unpaired) electrons. The summed E-state index contributed by atoms with van der Waals surface area (Å²) in [5.74, 6) is 2.63. The highest BCUT2D eigenvalue weighted by Crippen LogP contribution is 2.14. The summed E-state index contributed by atoms with van der Waals surface area (Å²) in [6.07, 6.45) is 2.00. The van der Waals surface area contributed by atoms with Crippen LogP contribution in [0, 0.1) is 13.8 Å². The molecule has 0 fully saturated rings. The second-order valence-electron chi connectivity index (χ2n) is 4.47. The summed E-state index contributed by atoms with van der Waals surface area (Å²) in [7, 11) is 0. The van der Waals surface area contributed by atoms with Crippen LogP contribution in [0.2, 0.25) is 0 Å². The lowest BCUT2D eigenvalue weighted by Crippen LogP contribution is -2.39. The van der Waals surface area contributed by atoms with Crippen LogP contribution in [-0.2, 0) is 6.54 Å². The average Bonchev–Trinajstić information content (AvgIpc) is 2.44. The van der Waals surface area contributed by atoms with Crippen LogP contribution in [0.1, 0.15) is 24.0 Å². The molecule has 0 aliphatic rings. The van der Waals surface area contributed by atoms with Crippen LogP contribution in [0.25, 0.3) is 0 Å². The molecule has 1 aromatic heterocycles. The van der Waals surface area contributed by atoms with E-state index in [9.17, 15) is 5.11 Å². The van der Waals surface area contributed by atoms with Crippen LogP contribution in [-0.4, -0.2) is 29.3 Å². The topological polar surface area (TPSA) is 45.4 Å². The molecule has 16 heavy (non-hydrogen) atoms. The monoisotopic (exact) mass is 243 g/mol. The maximum Gasteiger partial charge on any atom is 0.105 e. The van der Waals surface area contributed by atoms with E-state index in [0.717, 1.165) is 29.4 Å². The van der Waals surface area contributed by atoms with E-state index in [1.54, 1.807) is 11.8 Å². The van der Waals surface area contributed by atoms with Crippen molar-refractivity contribution < 1.29 is 9.52 Å². The number of hydrogen-bond acceptors (Lipinski definition) is 4. The second kappa shape index (κ2) is 5.75. The lowest BCUT2D eigenvalue weighted by atomic mass is 10.1. The van der Waals surface area contributed by atoms with E-state index in [1.807, 2.05) is 33.1 Å². The SMILES string of the molecule is CSCC(C)(O)CNCc1cc(C)oc1C. The van der Waals surface area contributed by atoms with Gasteiger partial charge in [0.1, 0.15) is 11.5 Å². The van der Waals surface area contributed by atoms with Crippen molar-refractivity contribution in [2.75, 3.05) is 18.6 Å². The van der Waals surface area contributed by atoms with Crippen LogP contribution in [0.3, 0.4) is 0 Å². The van der Waals surface area contributed by atoms with Crippen molar-refractivity contribution in [3.8, 4) is 0 Å². The number of nitrogens with one attached hydrogen (secondary N) is 1. The van der Waals surface area contributed by atoms with Gasteiger partial charge in [0, 0.05) is 24.4 Å². The van der Waals surface area contributed by atoms with E-state index in [4.69, 9.17) is 4.42 Å². The quantitative estimate of drug-likeness (QED) is 0.803. The zero-order valence-corrected chi connectivity index (χ0v) is 11.3. The Morgan fingerprint density at radius 2 is 2.19 bits per heavy atom. The van der Waals surface area contributed by atoms with Crippen LogP contribution < -0.4 is 5.32 Å². The summed E-state index contributed by atoms with van der Waals surface area (Å²) in [5, 5.41) is 13.2. The van der Waals surface area contributed by atoms with Crippen molar-refractivity contribution in [3.63, 3.8) is 0 Å². The third-order valence-corrected chi connectivity index (χ3v) is 3.33. The van der Waals surface area contributed by atoms with Gasteiger partial charge >= 0.3 is 0 Å². The molecule has 0 spiro atoms. The van der Waals surface area contributed by atoms with E-state index in [2.05, 4.69) is 5.32 Å². The van der Waals surface area contributed by atoms with Crippen molar-refractivity contribution in [2.24, 2.45) is 0 Å². The van der Waals surface area contributed by atoms with E-state index < -0.39 is 5.60 Å². The largest absolute Gasteiger partial charge is 0.466 e. The molecule has 92 valence electrons. The smallest absolute Gasteiger partial charge is 0.105 e. The number of furan rings is 1. The van der Waals surface area contributed by atoms with Gasteiger partial charge in [0.2, 0.25) is 0 Å². The number of rotatable bonds is 6. The molecule has 0 amide bonds. The van der Waals surface area contributed by atoms with Crippen molar-refractivity contribution in [3.05, 3.63) is 23.2 Å². The maximum atomic E-state index is 9.96. The summed E-state index contributed by atoms with van der Waals surface area (Å²) in [4.78, 5) is 0. The number of thioether (sulfide) groups is 1.